The number of aryl methyl sites for hydroxylation is 1. The minimum absolute atomic E-state index is 0.0642. The number of thioether (sulfide) groups is 1. The highest BCUT2D eigenvalue weighted by molar-refractivity contribution is 7.98. The van der Waals surface area contributed by atoms with Crippen molar-refractivity contribution in [2.45, 2.75) is 17.8 Å². The van der Waals surface area contributed by atoms with Gasteiger partial charge < -0.3 is 9.80 Å². The molecule has 2 aromatic carbocycles. The fraction of sp³-hybridized carbons (Fsp3) is 0.207. The number of amides is 1. The Kier molecular flexibility index (Phi) is 7.93. The molecule has 4 heterocycles. The Bertz CT molecular complexity index is 1700. The standard InChI is InChI=1S/C29H26N8O3S2/c1-20-4-6-23(7-5-20)36-27(21-3-2-12-30-17-21)32-33-29(36)42-19-26-31-25(18-41-26)28(38)35-15-13-34(14-16-35)22-8-10-24(11-9-22)37(39)40/h2-12,17-18H,13-16,19H2,1H3. The first-order valence-corrected chi connectivity index (χ1v) is 15.1. The van der Waals surface area contributed by atoms with E-state index in [1.807, 2.05) is 46.0 Å². The number of rotatable bonds is 8. The van der Waals surface area contributed by atoms with Gasteiger partial charge >= 0.3 is 0 Å². The van der Waals surface area contributed by atoms with Crippen LogP contribution in [0.15, 0.2) is 83.6 Å². The van der Waals surface area contributed by atoms with Crippen LogP contribution >= 0.6 is 23.1 Å². The van der Waals surface area contributed by atoms with E-state index in [0.717, 1.165) is 32.7 Å². The largest absolute Gasteiger partial charge is 0.368 e. The van der Waals surface area contributed by atoms with E-state index in [9.17, 15) is 14.9 Å². The number of pyridine rings is 1. The molecule has 1 aliphatic heterocycles. The highest BCUT2D eigenvalue weighted by Crippen LogP contribution is 2.30. The number of non-ortho nitro benzene ring substituents is 1. The molecule has 0 bridgehead atoms. The Balaban J connectivity index is 1.11. The van der Waals surface area contributed by atoms with Crippen LogP contribution in [0.4, 0.5) is 11.4 Å². The zero-order valence-corrected chi connectivity index (χ0v) is 24.3. The molecule has 3 aromatic heterocycles. The molecule has 0 aliphatic carbocycles. The van der Waals surface area contributed by atoms with Crippen LogP contribution in [0, 0.1) is 17.0 Å². The third kappa shape index (κ3) is 5.87. The van der Waals surface area contributed by atoms with Crippen molar-refractivity contribution in [1.82, 2.24) is 29.6 Å². The number of aromatic nitrogens is 5. The Labute approximate surface area is 250 Å². The van der Waals surface area contributed by atoms with Crippen molar-refractivity contribution in [2.24, 2.45) is 0 Å². The third-order valence-electron chi connectivity index (χ3n) is 6.93. The lowest BCUT2D eigenvalue weighted by Crippen LogP contribution is -2.48. The summed E-state index contributed by atoms with van der Waals surface area (Å²) < 4.78 is 2.02. The Morgan fingerprint density at radius 3 is 2.43 bits per heavy atom. The molecule has 5 aromatic rings. The fourth-order valence-electron chi connectivity index (χ4n) is 4.69. The lowest BCUT2D eigenvalue weighted by molar-refractivity contribution is -0.384. The second-order valence-corrected chi connectivity index (χ2v) is 11.6. The molecule has 1 aliphatic rings. The van der Waals surface area contributed by atoms with E-state index in [4.69, 9.17) is 0 Å². The summed E-state index contributed by atoms with van der Waals surface area (Å²) in [5.41, 5.74) is 4.40. The van der Waals surface area contributed by atoms with Gasteiger partial charge in [0.2, 0.25) is 0 Å². The molecule has 1 saturated heterocycles. The highest BCUT2D eigenvalue weighted by atomic mass is 32.2. The number of hydrogen-bond acceptors (Lipinski definition) is 10. The van der Waals surface area contributed by atoms with Gasteiger partial charge in [0.1, 0.15) is 10.7 Å². The maximum Gasteiger partial charge on any atom is 0.273 e. The molecule has 212 valence electrons. The molecule has 1 amide bonds. The molecule has 0 spiro atoms. The van der Waals surface area contributed by atoms with Gasteiger partial charge in [-0.1, -0.05) is 29.5 Å². The van der Waals surface area contributed by atoms with E-state index >= 15 is 0 Å². The van der Waals surface area contributed by atoms with Gasteiger partial charge in [-0.15, -0.1) is 21.5 Å². The topological polar surface area (TPSA) is 123 Å². The van der Waals surface area contributed by atoms with Crippen LogP contribution in [0.3, 0.4) is 0 Å². The molecule has 1 fully saturated rings. The molecular weight excluding hydrogens is 573 g/mol. The molecule has 6 rings (SSSR count). The van der Waals surface area contributed by atoms with Crippen LogP contribution in [0.2, 0.25) is 0 Å². The van der Waals surface area contributed by atoms with E-state index in [1.165, 1.54) is 35.2 Å². The SMILES string of the molecule is Cc1ccc(-n2c(SCc3nc(C(=O)N4CCN(c5ccc([N+](=O)[O-])cc5)CC4)cs3)nnc2-c2cccnc2)cc1. The molecule has 0 N–H and O–H groups in total. The van der Waals surface area contributed by atoms with E-state index in [-0.39, 0.29) is 11.6 Å². The summed E-state index contributed by atoms with van der Waals surface area (Å²) in [7, 11) is 0. The van der Waals surface area contributed by atoms with Gasteiger partial charge in [-0.2, -0.15) is 0 Å². The molecule has 0 saturated carbocycles. The summed E-state index contributed by atoms with van der Waals surface area (Å²) in [5.74, 6) is 1.16. The van der Waals surface area contributed by atoms with Crippen molar-refractivity contribution in [3.8, 4) is 17.1 Å². The van der Waals surface area contributed by atoms with E-state index in [0.29, 0.717) is 43.5 Å². The van der Waals surface area contributed by atoms with Gasteiger partial charge in [0.25, 0.3) is 11.6 Å². The highest BCUT2D eigenvalue weighted by Gasteiger charge is 2.25. The minimum Gasteiger partial charge on any atom is -0.368 e. The number of thiazole rings is 1. The average molecular weight is 599 g/mol. The fourth-order valence-corrected chi connectivity index (χ4v) is 6.43. The number of nitro benzene ring substituents is 1. The predicted octanol–water partition coefficient (Wildman–Crippen LogP) is 5.26. The second kappa shape index (κ2) is 12.1. The monoisotopic (exact) mass is 598 g/mol. The maximum atomic E-state index is 13.2. The first kappa shape index (κ1) is 27.5. The summed E-state index contributed by atoms with van der Waals surface area (Å²) in [6.07, 6.45) is 3.50. The molecule has 13 heteroatoms. The molecule has 42 heavy (non-hydrogen) atoms. The van der Waals surface area contributed by atoms with Gasteiger partial charge in [-0.05, 0) is 43.3 Å². The summed E-state index contributed by atoms with van der Waals surface area (Å²) in [6, 6.07) is 18.5. The molecule has 0 radical (unpaired) electrons. The van der Waals surface area contributed by atoms with Gasteiger partial charge in [0.05, 0.1) is 10.7 Å². The van der Waals surface area contributed by atoms with Crippen LogP contribution in [0.25, 0.3) is 17.1 Å². The van der Waals surface area contributed by atoms with Crippen LogP contribution in [-0.2, 0) is 5.75 Å². The summed E-state index contributed by atoms with van der Waals surface area (Å²) in [5, 5.41) is 23.2. The Morgan fingerprint density at radius 1 is 1.00 bits per heavy atom. The zero-order chi connectivity index (χ0) is 29.1. The van der Waals surface area contributed by atoms with E-state index in [1.54, 1.807) is 24.5 Å². The van der Waals surface area contributed by atoms with E-state index in [2.05, 4.69) is 37.2 Å². The van der Waals surface area contributed by atoms with Crippen LogP contribution < -0.4 is 4.90 Å². The van der Waals surface area contributed by atoms with Crippen LogP contribution in [-0.4, -0.2) is 66.6 Å². The van der Waals surface area contributed by atoms with Crippen molar-refractivity contribution in [2.75, 3.05) is 31.1 Å². The van der Waals surface area contributed by atoms with Gasteiger partial charge in [0.15, 0.2) is 11.0 Å². The van der Waals surface area contributed by atoms with Gasteiger partial charge in [-0.3, -0.25) is 24.5 Å². The average Bonchev–Trinajstić information content (AvgIpc) is 3.68. The number of hydrogen-bond donors (Lipinski definition) is 0. The number of nitrogens with zero attached hydrogens (tertiary/aromatic N) is 8. The van der Waals surface area contributed by atoms with Gasteiger partial charge in [0, 0.05) is 73.0 Å². The zero-order valence-electron chi connectivity index (χ0n) is 22.7. The van der Waals surface area contributed by atoms with Crippen molar-refractivity contribution in [3.63, 3.8) is 0 Å². The van der Waals surface area contributed by atoms with Crippen molar-refractivity contribution >= 4 is 40.4 Å². The Hall–Kier alpha value is -4.62. The van der Waals surface area contributed by atoms with Crippen molar-refractivity contribution in [3.05, 3.63) is 105 Å². The van der Waals surface area contributed by atoms with Crippen LogP contribution in [0.1, 0.15) is 21.1 Å². The normalized spacial score (nSPS) is 13.4. The Morgan fingerprint density at radius 2 is 1.74 bits per heavy atom. The number of benzene rings is 2. The number of anilines is 1. The molecule has 0 atom stereocenters. The number of carbonyl (C=O) groups excluding carboxylic acids is 1. The molecule has 11 nitrogen and oxygen atoms in total. The number of carbonyl (C=O) groups is 1. The first-order valence-electron chi connectivity index (χ1n) is 13.2. The van der Waals surface area contributed by atoms with Crippen LogP contribution in [0.5, 0.6) is 0 Å². The summed E-state index contributed by atoms with van der Waals surface area (Å²) in [6.45, 7) is 4.44. The van der Waals surface area contributed by atoms with E-state index < -0.39 is 4.92 Å². The molecule has 0 unspecified atom stereocenters. The van der Waals surface area contributed by atoms with Gasteiger partial charge in [-0.25, -0.2) is 4.98 Å². The predicted molar refractivity (Wildman–Crippen MR) is 162 cm³/mol. The lowest BCUT2D eigenvalue weighted by atomic mass is 10.2. The summed E-state index contributed by atoms with van der Waals surface area (Å²) >= 11 is 2.98. The number of piperazine rings is 1. The molecular formula is C29H26N8O3S2. The smallest absolute Gasteiger partial charge is 0.273 e. The number of nitro groups is 1. The maximum absolute atomic E-state index is 13.2. The minimum atomic E-state index is -0.407. The summed E-state index contributed by atoms with van der Waals surface area (Å²) in [4.78, 5) is 36.6. The third-order valence-corrected chi connectivity index (χ3v) is 8.91. The van der Waals surface area contributed by atoms with Crippen molar-refractivity contribution in [1.29, 1.82) is 0 Å². The van der Waals surface area contributed by atoms with Crippen molar-refractivity contribution < 1.29 is 9.72 Å². The quantitative estimate of drug-likeness (QED) is 0.134. The first-order chi connectivity index (χ1) is 20.5. The second-order valence-electron chi connectivity index (χ2n) is 9.69. The lowest BCUT2D eigenvalue weighted by Gasteiger charge is -2.35.